The summed E-state index contributed by atoms with van der Waals surface area (Å²) in [6, 6.07) is 13.2. The molecule has 0 fully saturated rings. The molecule has 164 valence electrons. The van der Waals surface area contributed by atoms with Crippen LogP contribution in [0.1, 0.15) is 29.8 Å². The Morgan fingerprint density at radius 2 is 1.77 bits per heavy atom. The zero-order valence-electron chi connectivity index (χ0n) is 18.2. The highest BCUT2D eigenvalue weighted by Crippen LogP contribution is 2.30. The Hall–Kier alpha value is -2.49. The minimum atomic E-state index is -0.0143. The number of carbonyl (C=O) groups excluding carboxylic acids is 1. The van der Waals surface area contributed by atoms with Crippen molar-refractivity contribution in [3.05, 3.63) is 53.6 Å². The first kappa shape index (κ1) is 25.5. The summed E-state index contributed by atoms with van der Waals surface area (Å²) >= 11 is 0. The fourth-order valence-corrected chi connectivity index (χ4v) is 2.65. The zero-order chi connectivity index (χ0) is 21.2. The first-order valence-electron chi connectivity index (χ1n) is 9.65. The van der Waals surface area contributed by atoms with E-state index in [2.05, 4.69) is 15.6 Å². The topological polar surface area (TPSA) is 75.2 Å². The van der Waals surface area contributed by atoms with Gasteiger partial charge in [-0.2, -0.15) is 0 Å². The highest BCUT2D eigenvalue weighted by molar-refractivity contribution is 14.0. The van der Waals surface area contributed by atoms with Gasteiger partial charge in [-0.1, -0.05) is 12.1 Å². The molecule has 0 aliphatic carbocycles. The second-order valence-electron chi connectivity index (χ2n) is 6.52. The average Bonchev–Trinajstić information content (AvgIpc) is 2.73. The number of nitrogens with one attached hydrogen (secondary N) is 2. The lowest BCUT2D eigenvalue weighted by atomic mass is 10.1. The molecule has 8 heteroatoms. The molecule has 2 rings (SSSR count). The first-order chi connectivity index (χ1) is 14.0. The van der Waals surface area contributed by atoms with Crippen molar-refractivity contribution in [1.82, 2.24) is 10.2 Å². The van der Waals surface area contributed by atoms with Gasteiger partial charge in [-0.25, -0.2) is 4.99 Å². The molecule has 0 aliphatic heterocycles. The highest BCUT2D eigenvalue weighted by Gasteiger charge is 2.08. The van der Waals surface area contributed by atoms with E-state index in [0.29, 0.717) is 36.2 Å². The van der Waals surface area contributed by atoms with Crippen LogP contribution >= 0.6 is 24.0 Å². The van der Waals surface area contributed by atoms with Crippen LogP contribution in [0, 0.1) is 0 Å². The maximum atomic E-state index is 12.0. The van der Waals surface area contributed by atoms with Crippen molar-refractivity contribution in [1.29, 1.82) is 0 Å². The number of hydrogen-bond acceptors (Lipinski definition) is 4. The van der Waals surface area contributed by atoms with Gasteiger partial charge in [-0.3, -0.25) is 4.79 Å². The monoisotopic (exact) mass is 526 g/mol. The lowest BCUT2D eigenvalue weighted by Gasteiger charge is -2.14. The molecule has 1 amide bonds. The number of hydrogen-bond donors (Lipinski definition) is 2. The minimum absolute atomic E-state index is 0. The number of amides is 1. The molecular formula is C22H31IN4O3. The number of rotatable bonds is 8. The lowest BCUT2D eigenvalue weighted by Crippen LogP contribution is -2.30. The highest BCUT2D eigenvalue weighted by atomic mass is 127. The van der Waals surface area contributed by atoms with Gasteiger partial charge in [0.1, 0.15) is 0 Å². The molecule has 30 heavy (non-hydrogen) atoms. The molecular weight excluding hydrogens is 495 g/mol. The quantitative estimate of drug-likeness (QED) is 0.309. The zero-order valence-corrected chi connectivity index (χ0v) is 20.5. The second kappa shape index (κ2) is 12.9. The van der Waals surface area contributed by atoms with Crippen LogP contribution in [0.3, 0.4) is 0 Å². The SMILES string of the molecule is CCNC(=NCc1ccc(C(=O)N(C)C)cc1)Nc1ccc(OCC)c(OC)c1.I. The number of methoxy groups -OCH3 is 1. The van der Waals surface area contributed by atoms with Crippen LogP contribution in [0.4, 0.5) is 5.69 Å². The molecule has 2 aromatic rings. The van der Waals surface area contributed by atoms with Crippen molar-refractivity contribution in [3.63, 3.8) is 0 Å². The first-order valence-corrected chi connectivity index (χ1v) is 9.65. The maximum absolute atomic E-state index is 12.0. The minimum Gasteiger partial charge on any atom is -0.493 e. The summed E-state index contributed by atoms with van der Waals surface area (Å²) < 4.78 is 11.0. The third kappa shape index (κ3) is 7.40. The van der Waals surface area contributed by atoms with Gasteiger partial charge < -0.3 is 25.0 Å². The van der Waals surface area contributed by atoms with Crippen molar-refractivity contribution in [2.45, 2.75) is 20.4 Å². The van der Waals surface area contributed by atoms with E-state index >= 15 is 0 Å². The summed E-state index contributed by atoms with van der Waals surface area (Å²) in [7, 11) is 5.10. The van der Waals surface area contributed by atoms with Crippen LogP contribution in [0.15, 0.2) is 47.5 Å². The van der Waals surface area contributed by atoms with Gasteiger partial charge in [-0.05, 0) is 43.7 Å². The Balaban J connectivity index is 0.00000450. The summed E-state index contributed by atoms with van der Waals surface area (Å²) in [4.78, 5) is 18.2. The molecule has 0 aromatic heterocycles. The predicted molar refractivity (Wildman–Crippen MR) is 132 cm³/mol. The standard InChI is InChI=1S/C22H30N4O3.HI/c1-6-23-22(25-18-12-13-19(29-7-2)20(14-18)28-5)24-15-16-8-10-17(11-9-16)21(27)26(3)4;/h8-14H,6-7,15H2,1-5H3,(H2,23,24,25);1H. The molecule has 2 aromatic carbocycles. The van der Waals surface area contributed by atoms with Crippen molar-refractivity contribution < 1.29 is 14.3 Å². The van der Waals surface area contributed by atoms with Crippen molar-refractivity contribution in [3.8, 4) is 11.5 Å². The summed E-state index contributed by atoms with van der Waals surface area (Å²) in [5.74, 6) is 2.01. The molecule has 0 aliphatic rings. The summed E-state index contributed by atoms with van der Waals surface area (Å²) in [6.07, 6.45) is 0. The third-order valence-electron chi connectivity index (χ3n) is 4.10. The van der Waals surface area contributed by atoms with Crippen LogP contribution < -0.4 is 20.1 Å². The van der Waals surface area contributed by atoms with E-state index in [-0.39, 0.29) is 29.9 Å². The number of nitrogens with zero attached hydrogens (tertiary/aromatic N) is 2. The van der Waals surface area contributed by atoms with E-state index in [0.717, 1.165) is 17.8 Å². The number of carbonyl (C=O) groups is 1. The Kier molecular flexibility index (Phi) is 11.0. The molecule has 0 radical (unpaired) electrons. The normalized spacial score (nSPS) is 10.6. The summed E-state index contributed by atoms with van der Waals surface area (Å²) in [6.45, 7) is 5.74. The van der Waals surface area contributed by atoms with Gasteiger partial charge in [-0.15, -0.1) is 24.0 Å². The van der Waals surface area contributed by atoms with Gasteiger partial charge in [0.15, 0.2) is 17.5 Å². The number of benzene rings is 2. The van der Waals surface area contributed by atoms with Crippen molar-refractivity contribution >= 4 is 41.5 Å². The fourth-order valence-electron chi connectivity index (χ4n) is 2.65. The maximum Gasteiger partial charge on any atom is 0.253 e. The molecule has 0 unspecified atom stereocenters. The summed E-state index contributed by atoms with van der Waals surface area (Å²) in [5, 5.41) is 6.51. The lowest BCUT2D eigenvalue weighted by molar-refractivity contribution is 0.0827. The van der Waals surface area contributed by atoms with Crippen LogP contribution in [0.5, 0.6) is 11.5 Å². The van der Waals surface area contributed by atoms with E-state index in [1.165, 1.54) is 0 Å². The Morgan fingerprint density at radius 3 is 2.33 bits per heavy atom. The molecule has 0 heterocycles. The molecule has 0 spiro atoms. The fraction of sp³-hybridized carbons (Fsp3) is 0.364. The summed E-state index contributed by atoms with van der Waals surface area (Å²) in [5.41, 5.74) is 2.52. The van der Waals surface area contributed by atoms with E-state index in [1.807, 2.05) is 56.3 Å². The van der Waals surface area contributed by atoms with Crippen molar-refractivity contribution in [2.24, 2.45) is 4.99 Å². The largest absolute Gasteiger partial charge is 0.493 e. The van der Waals surface area contributed by atoms with Gasteiger partial charge >= 0.3 is 0 Å². The third-order valence-corrected chi connectivity index (χ3v) is 4.10. The van der Waals surface area contributed by atoms with E-state index in [4.69, 9.17) is 9.47 Å². The average molecular weight is 526 g/mol. The number of halogens is 1. The molecule has 0 atom stereocenters. The molecule has 0 saturated heterocycles. The molecule has 2 N–H and O–H groups in total. The second-order valence-corrected chi connectivity index (χ2v) is 6.52. The van der Waals surface area contributed by atoms with Crippen LogP contribution in [0.2, 0.25) is 0 Å². The van der Waals surface area contributed by atoms with E-state index < -0.39 is 0 Å². The predicted octanol–water partition coefficient (Wildman–Crippen LogP) is 3.99. The molecule has 0 saturated carbocycles. The van der Waals surface area contributed by atoms with Crippen molar-refractivity contribution in [2.75, 3.05) is 39.7 Å². The van der Waals surface area contributed by atoms with Crippen LogP contribution in [0.25, 0.3) is 0 Å². The van der Waals surface area contributed by atoms with Crippen LogP contribution in [-0.4, -0.2) is 51.1 Å². The Morgan fingerprint density at radius 1 is 1.07 bits per heavy atom. The number of ether oxygens (including phenoxy) is 2. The molecule has 0 bridgehead atoms. The Bertz CT molecular complexity index is 839. The van der Waals surface area contributed by atoms with Crippen LogP contribution in [-0.2, 0) is 6.54 Å². The molecule has 7 nitrogen and oxygen atoms in total. The van der Waals surface area contributed by atoms with E-state index in [9.17, 15) is 4.79 Å². The van der Waals surface area contributed by atoms with E-state index in [1.54, 1.807) is 26.1 Å². The van der Waals surface area contributed by atoms with Gasteiger partial charge in [0.05, 0.1) is 20.3 Å². The number of guanidine groups is 1. The van der Waals surface area contributed by atoms with Gasteiger partial charge in [0.25, 0.3) is 5.91 Å². The Labute approximate surface area is 195 Å². The van der Waals surface area contributed by atoms with Gasteiger partial charge in [0, 0.05) is 38.0 Å². The number of anilines is 1. The van der Waals surface area contributed by atoms with Gasteiger partial charge in [0.2, 0.25) is 0 Å². The number of aliphatic imine (C=N–C) groups is 1. The smallest absolute Gasteiger partial charge is 0.253 e.